The van der Waals surface area contributed by atoms with Gasteiger partial charge in [-0.1, -0.05) is 0 Å². The minimum Gasteiger partial charge on any atom is -0.387 e. The van der Waals surface area contributed by atoms with Gasteiger partial charge in [0.2, 0.25) is 5.91 Å². The molecule has 3 heterocycles. The van der Waals surface area contributed by atoms with Crippen molar-refractivity contribution in [1.29, 1.82) is 0 Å². The molecule has 23 heavy (non-hydrogen) atoms. The SMILES string of the molecule is O=C(CN1C(=O)CNC1=O)N1CC[C@@](O)(CN2CCOCC2)C1. The first-order chi connectivity index (χ1) is 11.0. The van der Waals surface area contributed by atoms with E-state index in [0.29, 0.717) is 32.7 Å². The van der Waals surface area contributed by atoms with Crippen LogP contribution in [0.2, 0.25) is 0 Å². The molecule has 3 fully saturated rings. The number of morpholine rings is 1. The van der Waals surface area contributed by atoms with E-state index in [4.69, 9.17) is 4.74 Å². The highest BCUT2D eigenvalue weighted by Gasteiger charge is 2.41. The van der Waals surface area contributed by atoms with Crippen LogP contribution in [-0.4, -0.2) is 102 Å². The van der Waals surface area contributed by atoms with Crippen molar-refractivity contribution in [3.05, 3.63) is 0 Å². The lowest BCUT2D eigenvalue weighted by Crippen LogP contribution is -2.50. The van der Waals surface area contributed by atoms with Gasteiger partial charge in [0, 0.05) is 26.2 Å². The van der Waals surface area contributed by atoms with Gasteiger partial charge in [-0.3, -0.25) is 19.4 Å². The number of rotatable bonds is 4. The summed E-state index contributed by atoms with van der Waals surface area (Å²) in [5.74, 6) is -0.709. The molecule has 2 N–H and O–H groups in total. The second-order valence-electron chi connectivity index (χ2n) is 6.32. The Labute approximate surface area is 134 Å². The Kier molecular flexibility index (Phi) is 4.51. The number of aliphatic hydroxyl groups is 1. The van der Waals surface area contributed by atoms with E-state index in [1.165, 1.54) is 4.90 Å². The average molecular weight is 326 g/mol. The van der Waals surface area contributed by atoms with Crippen LogP contribution in [0.1, 0.15) is 6.42 Å². The third kappa shape index (κ3) is 3.62. The fourth-order valence-electron chi connectivity index (χ4n) is 3.22. The molecule has 0 aliphatic carbocycles. The predicted octanol–water partition coefficient (Wildman–Crippen LogP) is -2.17. The zero-order chi connectivity index (χ0) is 16.4. The van der Waals surface area contributed by atoms with Crippen LogP contribution >= 0.6 is 0 Å². The Morgan fingerprint density at radius 2 is 2.00 bits per heavy atom. The lowest BCUT2D eigenvalue weighted by molar-refractivity contribution is -0.136. The summed E-state index contributed by atoms with van der Waals surface area (Å²) in [5.41, 5.74) is -0.940. The van der Waals surface area contributed by atoms with Gasteiger partial charge in [-0.2, -0.15) is 0 Å². The molecule has 0 bridgehead atoms. The molecule has 0 saturated carbocycles. The van der Waals surface area contributed by atoms with E-state index in [1.54, 1.807) is 0 Å². The number of hydrogen-bond acceptors (Lipinski definition) is 6. The second kappa shape index (κ2) is 6.42. The van der Waals surface area contributed by atoms with E-state index in [0.717, 1.165) is 18.0 Å². The summed E-state index contributed by atoms with van der Waals surface area (Å²) in [7, 11) is 0. The topological polar surface area (TPSA) is 102 Å². The smallest absolute Gasteiger partial charge is 0.325 e. The van der Waals surface area contributed by atoms with Gasteiger partial charge >= 0.3 is 6.03 Å². The maximum Gasteiger partial charge on any atom is 0.325 e. The molecule has 9 nitrogen and oxygen atoms in total. The Morgan fingerprint density at radius 1 is 1.26 bits per heavy atom. The van der Waals surface area contributed by atoms with Crippen molar-refractivity contribution in [3.8, 4) is 0 Å². The van der Waals surface area contributed by atoms with Gasteiger partial charge in [-0.15, -0.1) is 0 Å². The average Bonchev–Trinajstić information content (AvgIpc) is 3.06. The molecular weight excluding hydrogens is 304 g/mol. The van der Waals surface area contributed by atoms with Crippen molar-refractivity contribution in [2.75, 3.05) is 59.0 Å². The summed E-state index contributed by atoms with van der Waals surface area (Å²) < 4.78 is 5.29. The predicted molar refractivity (Wildman–Crippen MR) is 78.5 cm³/mol. The fraction of sp³-hybridized carbons (Fsp3) is 0.786. The van der Waals surface area contributed by atoms with Crippen LogP contribution in [-0.2, 0) is 14.3 Å². The lowest BCUT2D eigenvalue weighted by Gasteiger charge is -2.33. The number of nitrogens with one attached hydrogen (secondary N) is 1. The number of ether oxygens (including phenoxy) is 1. The van der Waals surface area contributed by atoms with Gasteiger partial charge in [-0.25, -0.2) is 4.79 Å². The summed E-state index contributed by atoms with van der Waals surface area (Å²) in [6.07, 6.45) is 0.496. The van der Waals surface area contributed by atoms with Gasteiger partial charge < -0.3 is 20.1 Å². The van der Waals surface area contributed by atoms with Crippen LogP contribution in [0.25, 0.3) is 0 Å². The third-order valence-corrected chi connectivity index (χ3v) is 4.54. The molecule has 1 atom stereocenters. The summed E-state index contributed by atoms with van der Waals surface area (Å²) in [6.45, 7) is 3.71. The van der Waals surface area contributed by atoms with Crippen LogP contribution in [0.3, 0.4) is 0 Å². The molecule has 0 aromatic carbocycles. The molecule has 0 aromatic heterocycles. The zero-order valence-corrected chi connectivity index (χ0v) is 13.0. The normalized spacial score (nSPS) is 29.3. The van der Waals surface area contributed by atoms with E-state index in [9.17, 15) is 19.5 Å². The first-order valence-electron chi connectivity index (χ1n) is 7.85. The largest absolute Gasteiger partial charge is 0.387 e. The monoisotopic (exact) mass is 326 g/mol. The molecule has 4 amide bonds. The lowest BCUT2D eigenvalue weighted by atomic mass is 10.0. The first-order valence-corrected chi connectivity index (χ1v) is 7.85. The number of urea groups is 1. The summed E-state index contributed by atoms with van der Waals surface area (Å²) in [5, 5.41) is 13.1. The highest BCUT2D eigenvalue weighted by molar-refractivity contribution is 6.04. The highest BCUT2D eigenvalue weighted by Crippen LogP contribution is 2.23. The number of amides is 4. The molecule has 0 spiro atoms. The minimum atomic E-state index is -0.940. The van der Waals surface area contributed by atoms with Gasteiger partial charge in [0.25, 0.3) is 5.91 Å². The van der Waals surface area contributed by atoms with Crippen LogP contribution in [0.15, 0.2) is 0 Å². The third-order valence-electron chi connectivity index (χ3n) is 4.54. The Hall–Kier alpha value is -1.71. The van der Waals surface area contributed by atoms with E-state index >= 15 is 0 Å². The number of nitrogens with zero attached hydrogens (tertiary/aromatic N) is 3. The van der Waals surface area contributed by atoms with Gasteiger partial charge in [0.05, 0.1) is 31.9 Å². The van der Waals surface area contributed by atoms with E-state index < -0.39 is 17.5 Å². The highest BCUT2D eigenvalue weighted by atomic mass is 16.5. The Bertz CT molecular complexity index is 491. The number of imide groups is 1. The second-order valence-corrected chi connectivity index (χ2v) is 6.32. The van der Waals surface area contributed by atoms with E-state index in [2.05, 4.69) is 10.2 Å². The quantitative estimate of drug-likeness (QED) is 0.570. The number of likely N-dealkylation sites (tertiary alicyclic amines) is 1. The number of β-amino-alcohol motifs (C(OH)–C–C–N with tert-alkyl or cyclic N) is 1. The maximum atomic E-state index is 12.3. The molecule has 3 saturated heterocycles. The van der Waals surface area contributed by atoms with E-state index in [-0.39, 0.29) is 25.5 Å². The Balaban J connectivity index is 1.52. The van der Waals surface area contributed by atoms with Crippen molar-refractivity contribution >= 4 is 17.8 Å². The maximum absolute atomic E-state index is 12.3. The molecule has 0 radical (unpaired) electrons. The number of carbonyl (C=O) groups is 3. The van der Waals surface area contributed by atoms with Crippen LogP contribution in [0, 0.1) is 0 Å². The summed E-state index contributed by atoms with van der Waals surface area (Å²) in [4.78, 5) is 39.9. The number of hydrogen-bond donors (Lipinski definition) is 2. The van der Waals surface area contributed by atoms with Crippen molar-refractivity contribution in [2.24, 2.45) is 0 Å². The van der Waals surface area contributed by atoms with Crippen molar-refractivity contribution in [3.63, 3.8) is 0 Å². The fourth-order valence-corrected chi connectivity index (χ4v) is 3.22. The van der Waals surface area contributed by atoms with Gasteiger partial charge in [0.1, 0.15) is 6.54 Å². The summed E-state index contributed by atoms with van der Waals surface area (Å²) >= 11 is 0. The zero-order valence-electron chi connectivity index (χ0n) is 13.0. The van der Waals surface area contributed by atoms with Gasteiger partial charge in [-0.05, 0) is 6.42 Å². The molecule has 9 heteroatoms. The van der Waals surface area contributed by atoms with E-state index in [1.807, 2.05) is 0 Å². The molecule has 3 rings (SSSR count). The van der Waals surface area contributed by atoms with Gasteiger partial charge in [0.15, 0.2) is 0 Å². The van der Waals surface area contributed by atoms with Crippen molar-refractivity contribution in [2.45, 2.75) is 12.0 Å². The van der Waals surface area contributed by atoms with Crippen molar-refractivity contribution < 1.29 is 24.2 Å². The standard InChI is InChI=1S/C14H22N4O5/c19-11-7-15-13(21)18(11)8-12(20)17-2-1-14(22,10-17)9-16-3-5-23-6-4-16/h22H,1-10H2,(H,15,21)/t14-/m1/s1. The van der Waals surface area contributed by atoms with Crippen molar-refractivity contribution in [1.82, 2.24) is 20.0 Å². The molecular formula is C14H22N4O5. The number of carbonyl (C=O) groups excluding carboxylic acids is 3. The van der Waals surface area contributed by atoms with Crippen LogP contribution < -0.4 is 5.32 Å². The van der Waals surface area contributed by atoms with Crippen LogP contribution in [0.4, 0.5) is 4.79 Å². The molecule has 3 aliphatic rings. The molecule has 0 aromatic rings. The molecule has 3 aliphatic heterocycles. The summed E-state index contributed by atoms with van der Waals surface area (Å²) in [6, 6.07) is -0.536. The first kappa shape index (κ1) is 16.2. The molecule has 0 unspecified atom stereocenters. The minimum absolute atomic E-state index is 0.0624. The molecule has 128 valence electrons. The Morgan fingerprint density at radius 3 is 2.65 bits per heavy atom. The van der Waals surface area contributed by atoms with Crippen LogP contribution in [0.5, 0.6) is 0 Å².